The van der Waals surface area contributed by atoms with Crippen LogP contribution in [0.1, 0.15) is 10.4 Å². The lowest BCUT2D eigenvalue weighted by Crippen LogP contribution is -2.15. The smallest absolute Gasteiger partial charge is 0.322 e. The van der Waals surface area contributed by atoms with Crippen LogP contribution in [0.2, 0.25) is 0 Å². The quantitative estimate of drug-likeness (QED) is 0.385. The average molecular weight is 467 g/mol. The lowest BCUT2D eigenvalue weighted by atomic mass is 10.2. The monoisotopic (exact) mass is 466 g/mol. The van der Waals surface area contributed by atoms with E-state index in [1.54, 1.807) is 48.2 Å². The summed E-state index contributed by atoms with van der Waals surface area (Å²) >= 11 is 1.62. The molecule has 0 aliphatic rings. The van der Waals surface area contributed by atoms with Crippen LogP contribution < -0.4 is 10.0 Å². The third-order valence-electron chi connectivity index (χ3n) is 4.41. The van der Waals surface area contributed by atoms with Gasteiger partial charge < -0.3 is 4.42 Å². The molecule has 0 unspecified atom stereocenters. The van der Waals surface area contributed by atoms with Crippen LogP contribution in [0.4, 0.5) is 11.7 Å². The number of amides is 1. The molecule has 10 heteroatoms. The molecule has 0 saturated heterocycles. The Kier molecular flexibility index (Phi) is 6.24. The highest BCUT2D eigenvalue weighted by Crippen LogP contribution is 2.24. The van der Waals surface area contributed by atoms with Gasteiger partial charge in [-0.15, -0.1) is 16.9 Å². The molecule has 1 heterocycles. The predicted octanol–water partition coefficient (Wildman–Crippen LogP) is 4.51. The van der Waals surface area contributed by atoms with Crippen LogP contribution >= 0.6 is 11.8 Å². The van der Waals surface area contributed by atoms with E-state index in [4.69, 9.17) is 4.42 Å². The summed E-state index contributed by atoms with van der Waals surface area (Å²) in [6.07, 6.45) is 1.98. The van der Waals surface area contributed by atoms with E-state index in [0.29, 0.717) is 0 Å². The second kappa shape index (κ2) is 9.25. The largest absolute Gasteiger partial charge is 0.403 e. The topological polar surface area (TPSA) is 114 Å². The van der Waals surface area contributed by atoms with Crippen molar-refractivity contribution in [2.75, 3.05) is 16.3 Å². The van der Waals surface area contributed by atoms with Gasteiger partial charge in [0, 0.05) is 21.7 Å². The molecule has 0 fully saturated rings. The van der Waals surface area contributed by atoms with Gasteiger partial charge in [0.1, 0.15) is 0 Å². The number of nitrogens with zero attached hydrogens (tertiary/aromatic N) is 2. The summed E-state index contributed by atoms with van der Waals surface area (Å²) in [6.45, 7) is 0. The molecule has 2 N–H and O–H groups in total. The minimum atomic E-state index is -3.77. The molecule has 4 aromatic rings. The summed E-state index contributed by atoms with van der Waals surface area (Å²) in [5.74, 6) is -0.240. The Morgan fingerprint density at radius 3 is 2.41 bits per heavy atom. The molecule has 32 heavy (non-hydrogen) atoms. The zero-order valence-corrected chi connectivity index (χ0v) is 18.5. The zero-order chi connectivity index (χ0) is 22.6. The van der Waals surface area contributed by atoms with E-state index >= 15 is 0 Å². The minimum absolute atomic E-state index is 0.0609. The van der Waals surface area contributed by atoms with Crippen LogP contribution in [0.5, 0.6) is 0 Å². The van der Waals surface area contributed by atoms with Crippen LogP contribution in [-0.2, 0) is 10.0 Å². The maximum atomic E-state index is 12.6. The first kappa shape index (κ1) is 21.6. The maximum Gasteiger partial charge on any atom is 0.322 e. The first-order chi connectivity index (χ1) is 15.4. The Labute approximate surface area is 189 Å². The SMILES string of the molecule is CSc1ccc(-c2nnc(NC(=O)c3cccc(NS(=O)(=O)c4ccccc4)c3)o2)cc1. The van der Waals surface area contributed by atoms with Crippen molar-refractivity contribution in [3.05, 3.63) is 84.4 Å². The van der Waals surface area contributed by atoms with E-state index < -0.39 is 15.9 Å². The number of aromatic nitrogens is 2. The summed E-state index contributed by atoms with van der Waals surface area (Å²) in [5, 5.41) is 10.3. The molecule has 0 aliphatic heterocycles. The third kappa shape index (κ3) is 4.98. The summed E-state index contributed by atoms with van der Waals surface area (Å²) in [7, 11) is -3.77. The van der Waals surface area contributed by atoms with Crippen molar-refractivity contribution in [2.24, 2.45) is 0 Å². The second-order valence-corrected chi connectivity index (χ2v) is 9.16. The van der Waals surface area contributed by atoms with Gasteiger partial charge in [0.05, 0.1) is 4.90 Å². The fraction of sp³-hybridized carbons (Fsp3) is 0.0455. The van der Waals surface area contributed by atoms with Crippen molar-refractivity contribution in [1.29, 1.82) is 0 Å². The molecule has 0 saturated carbocycles. The van der Waals surface area contributed by atoms with Crippen molar-refractivity contribution in [3.8, 4) is 11.5 Å². The highest BCUT2D eigenvalue weighted by atomic mass is 32.2. The minimum Gasteiger partial charge on any atom is -0.403 e. The van der Waals surface area contributed by atoms with Crippen molar-refractivity contribution in [3.63, 3.8) is 0 Å². The maximum absolute atomic E-state index is 12.6. The molecule has 0 radical (unpaired) electrons. The Hall–Kier alpha value is -3.63. The summed E-state index contributed by atoms with van der Waals surface area (Å²) in [4.78, 5) is 13.8. The first-order valence-electron chi connectivity index (χ1n) is 9.42. The van der Waals surface area contributed by atoms with Gasteiger partial charge in [-0.2, -0.15) is 0 Å². The lowest BCUT2D eigenvalue weighted by Gasteiger charge is -2.09. The molecule has 0 atom stereocenters. The summed E-state index contributed by atoms with van der Waals surface area (Å²) in [5.41, 5.74) is 1.21. The molecular weight excluding hydrogens is 448 g/mol. The number of anilines is 2. The predicted molar refractivity (Wildman–Crippen MR) is 123 cm³/mol. The van der Waals surface area contributed by atoms with Crippen molar-refractivity contribution in [1.82, 2.24) is 10.2 Å². The molecule has 1 amide bonds. The van der Waals surface area contributed by atoms with Gasteiger partial charge in [0.15, 0.2) is 0 Å². The van der Waals surface area contributed by atoms with Gasteiger partial charge in [-0.1, -0.05) is 29.4 Å². The Bertz CT molecular complexity index is 1340. The van der Waals surface area contributed by atoms with Gasteiger partial charge in [-0.25, -0.2) is 8.42 Å². The Morgan fingerprint density at radius 2 is 1.69 bits per heavy atom. The second-order valence-electron chi connectivity index (χ2n) is 6.59. The summed E-state index contributed by atoms with van der Waals surface area (Å²) in [6, 6.07) is 21.6. The molecule has 0 aliphatic carbocycles. The molecule has 162 valence electrons. The van der Waals surface area contributed by atoms with Crippen molar-refractivity contribution in [2.45, 2.75) is 9.79 Å². The fourth-order valence-electron chi connectivity index (χ4n) is 2.83. The number of benzene rings is 3. The van der Waals surface area contributed by atoms with E-state index in [1.807, 2.05) is 30.5 Å². The van der Waals surface area contributed by atoms with E-state index in [0.717, 1.165) is 10.5 Å². The number of carbonyl (C=O) groups excluding carboxylic acids is 1. The van der Waals surface area contributed by atoms with E-state index in [2.05, 4.69) is 20.2 Å². The van der Waals surface area contributed by atoms with E-state index in [9.17, 15) is 13.2 Å². The average Bonchev–Trinajstić information content (AvgIpc) is 3.28. The number of sulfonamides is 1. The van der Waals surface area contributed by atoms with E-state index in [1.165, 1.54) is 18.2 Å². The van der Waals surface area contributed by atoms with Crippen molar-refractivity contribution < 1.29 is 17.6 Å². The summed E-state index contributed by atoms with van der Waals surface area (Å²) < 4.78 is 33.0. The van der Waals surface area contributed by atoms with Gasteiger partial charge in [0.25, 0.3) is 15.9 Å². The normalized spacial score (nSPS) is 11.2. The van der Waals surface area contributed by atoms with Gasteiger partial charge in [-0.05, 0) is 60.9 Å². The standard InChI is InChI=1S/C22H18N4O4S2/c1-31-18-12-10-15(11-13-18)21-24-25-22(30-21)23-20(27)16-6-5-7-17(14-16)26-32(28,29)19-8-3-2-4-9-19/h2-14,26H,1H3,(H,23,25,27). The fourth-order valence-corrected chi connectivity index (χ4v) is 4.31. The lowest BCUT2D eigenvalue weighted by molar-refractivity contribution is 0.102. The highest BCUT2D eigenvalue weighted by Gasteiger charge is 2.16. The number of nitrogens with one attached hydrogen (secondary N) is 2. The van der Waals surface area contributed by atoms with Crippen LogP contribution in [-0.4, -0.2) is 30.8 Å². The molecule has 3 aromatic carbocycles. The Morgan fingerprint density at radius 1 is 0.938 bits per heavy atom. The van der Waals surface area contributed by atoms with Gasteiger partial charge in [-0.3, -0.25) is 14.8 Å². The molecule has 0 spiro atoms. The van der Waals surface area contributed by atoms with Gasteiger partial charge in [0.2, 0.25) is 5.89 Å². The third-order valence-corrected chi connectivity index (χ3v) is 6.55. The van der Waals surface area contributed by atoms with Crippen molar-refractivity contribution >= 4 is 39.4 Å². The molecule has 8 nitrogen and oxygen atoms in total. The number of rotatable bonds is 7. The Balaban J connectivity index is 1.47. The number of thioether (sulfide) groups is 1. The first-order valence-corrected chi connectivity index (χ1v) is 12.1. The van der Waals surface area contributed by atoms with Crippen LogP contribution in [0.15, 0.2) is 93.1 Å². The van der Waals surface area contributed by atoms with Crippen LogP contribution in [0.25, 0.3) is 11.5 Å². The zero-order valence-electron chi connectivity index (χ0n) is 16.8. The van der Waals surface area contributed by atoms with Gasteiger partial charge >= 0.3 is 6.01 Å². The molecular formula is C22H18N4O4S2. The van der Waals surface area contributed by atoms with E-state index in [-0.39, 0.29) is 28.1 Å². The molecule has 1 aromatic heterocycles. The number of hydrogen-bond donors (Lipinski definition) is 2. The number of carbonyl (C=O) groups is 1. The molecule has 4 rings (SSSR count). The molecule has 0 bridgehead atoms. The van der Waals surface area contributed by atoms with Crippen LogP contribution in [0, 0.1) is 0 Å². The van der Waals surface area contributed by atoms with Crippen LogP contribution in [0.3, 0.4) is 0 Å². The number of hydrogen-bond acceptors (Lipinski definition) is 7. The highest BCUT2D eigenvalue weighted by molar-refractivity contribution is 7.98.